The van der Waals surface area contributed by atoms with Crippen molar-refractivity contribution in [1.82, 2.24) is 10.2 Å². The number of allylic oxidation sites excluding steroid dienone is 1. The minimum Gasteiger partial charge on any atom is -0.493 e. The van der Waals surface area contributed by atoms with Gasteiger partial charge >= 0.3 is 5.97 Å². The largest absolute Gasteiger partial charge is 0.493 e. The number of carbonyl (C=O) groups excluding carboxylic acids is 3. The van der Waals surface area contributed by atoms with Crippen molar-refractivity contribution in [3.63, 3.8) is 0 Å². The molecule has 0 aromatic heterocycles. The molecule has 1 aromatic rings. The average Bonchev–Trinajstić information content (AvgIpc) is 2.72. The SMILES string of the molecule is C=CCc1cc(/C=C2\C(=O)NC(=S)N(CC=C)C2=O)cc(OC)c1OCC(=O)OC. The molecule has 0 bridgehead atoms. The Hall–Kier alpha value is -3.46. The number of benzene rings is 1. The summed E-state index contributed by atoms with van der Waals surface area (Å²) in [5.41, 5.74) is 1.10. The van der Waals surface area contributed by atoms with Gasteiger partial charge in [-0.15, -0.1) is 13.2 Å². The monoisotopic (exact) mass is 430 g/mol. The van der Waals surface area contributed by atoms with Crippen molar-refractivity contribution in [1.29, 1.82) is 0 Å². The summed E-state index contributed by atoms with van der Waals surface area (Å²) in [5.74, 6) is -0.999. The van der Waals surface area contributed by atoms with E-state index in [4.69, 9.17) is 21.7 Å². The van der Waals surface area contributed by atoms with Crippen LogP contribution in [0.25, 0.3) is 6.08 Å². The highest BCUT2D eigenvalue weighted by Crippen LogP contribution is 2.34. The van der Waals surface area contributed by atoms with E-state index in [0.717, 1.165) is 0 Å². The molecule has 1 heterocycles. The molecule has 1 fully saturated rings. The van der Waals surface area contributed by atoms with Crippen LogP contribution in [0.5, 0.6) is 11.5 Å². The van der Waals surface area contributed by atoms with Crippen molar-refractivity contribution in [3.05, 3.63) is 54.1 Å². The number of methoxy groups -OCH3 is 2. The van der Waals surface area contributed by atoms with Crippen LogP contribution in [0, 0.1) is 0 Å². The number of hydrogen-bond donors (Lipinski definition) is 1. The molecule has 0 saturated carbocycles. The third-order valence-corrected chi connectivity index (χ3v) is 4.43. The number of thiocarbonyl (C=S) groups is 1. The van der Waals surface area contributed by atoms with Crippen LogP contribution in [0.1, 0.15) is 11.1 Å². The summed E-state index contributed by atoms with van der Waals surface area (Å²) in [6.45, 7) is 7.18. The normalized spacial score (nSPS) is 14.9. The first kappa shape index (κ1) is 22.8. The van der Waals surface area contributed by atoms with E-state index < -0.39 is 17.8 Å². The predicted molar refractivity (Wildman–Crippen MR) is 115 cm³/mol. The molecule has 0 unspecified atom stereocenters. The lowest BCUT2D eigenvalue weighted by Crippen LogP contribution is -2.53. The summed E-state index contributed by atoms with van der Waals surface area (Å²) in [4.78, 5) is 37.8. The van der Waals surface area contributed by atoms with Crippen LogP contribution in [0.2, 0.25) is 0 Å². The number of hydrogen-bond acceptors (Lipinski definition) is 7. The molecule has 8 nitrogen and oxygen atoms in total. The molecule has 9 heteroatoms. The molecule has 1 N–H and O–H groups in total. The molecule has 1 aliphatic heterocycles. The van der Waals surface area contributed by atoms with Gasteiger partial charge in [0, 0.05) is 12.1 Å². The molecule has 2 amide bonds. The van der Waals surface area contributed by atoms with Gasteiger partial charge in [-0.05, 0) is 42.4 Å². The summed E-state index contributed by atoms with van der Waals surface area (Å²) in [6, 6.07) is 3.31. The van der Waals surface area contributed by atoms with Crippen LogP contribution in [0.15, 0.2) is 43.0 Å². The fraction of sp³-hybridized carbons (Fsp3) is 0.238. The van der Waals surface area contributed by atoms with Gasteiger partial charge in [-0.25, -0.2) is 4.79 Å². The van der Waals surface area contributed by atoms with Gasteiger partial charge < -0.3 is 14.2 Å². The summed E-state index contributed by atoms with van der Waals surface area (Å²) in [7, 11) is 2.70. The number of nitrogens with one attached hydrogen (secondary N) is 1. The van der Waals surface area contributed by atoms with E-state index in [1.54, 1.807) is 18.2 Å². The highest BCUT2D eigenvalue weighted by Gasteiger charge is 2.32. The lowest BCUT2D eigenvalue weighted by molar-refractivity contribution is -0.143. The molecular weight excluding hydrogens is 408 g/mol. The van der Waals surface area contributed by atoms with Crippen LogP contribution in [0.3, 0.4) is 0 Å². The fourth-order valence-electron chi connectivity index (χ4n) is 2.74. The molecule has 158 valence electrons. The fourth-order valence-corrected chi connectivity index (χ4v) is 2.99. The first-order chi connectivity index (χ1) is 14.4. The quantitative estimate of drug-likeness (QED) is 0.210. The molecule has 0 atom stereocenters. The van der Waals surface area contributed by atoms with Gasteiger partial charge in [0.2, 0.25) is 0 Å². The molecule has 1 aliphatic rings. The Kier molecular flexibility index (Phi) is 7.88. The Labute approximate surface area is 179 Å². The number of amides is 2. The Morgan fingerprint density at radius 1 is 1.23 bits per heavy atom. The van der Waals surface area contributed by atoms with E-state index in [2.05, 4.69) is 23.2 Å². The number of esters is 1. The summed E-state index contributed by atoms with van der Waals surface area (Å²) in [5, 5.41) is 2.52. The Morgan fingerprint density at radius 3 is 2.57 bits per heavy atom. The van der Waals surface area contributed by atoms with Gasteiger partial charge in [0.15, 0.2) is 23.2 Å². The standard InChI is InChI=1S/C21H22N2O6S/c1-5-7-14-9-13(11-16(27-3)18(14)29-12-17(24)28-4)10-15-19(25)22-21(30)23(8-6-2)20(15)26/h5-6,9-11H,1-2,7-8,12H2,3-4H3,(H,22,25,30)/b15-10+. The van der Waals surface area contributed by atoms with Gasteiger partial charge in [0.25, 0.3) is 11.8 Å². The minimum absolute atomic E-state index is 0.0264. The average molecular weight is 430 g/mol. The van der Waals surface area contributed by atoms with Crippen LogP contribution in [-0.4, -0.2) is 55.2 Å². The van der Waals surface area contributed by atoms with Crippen LogP contribution < -0.4 is 14.8 Å². The number of ether oxygens (including phenoxy) is 3. The molecule has 0 radical (unpaired) electrons. The summed E-state index contributed by atoms with van der Waals surface area (Å²) < 4.78 is 15.5. The van der Waals surface area contributed by atoms with Crippen molar-refractivity contribution in [3.8, 4) is 11.5 Å². The molecule has 1 saturated heterocycles. The smallest absolute Gasteiger partial charge is 0.343 e. The lowest BCUT2D eigenvalue weighted by Gasteiger charge is -2.27. The molecule has 0 spiro atoms. The van der Waals surface area contributed by atoms with E-state index >= 15 is 0 Å². The van der Waals surface area contributed by atoms with Crippen molar-refractivity contribution in [2.45, 2.75) is 6.42 Å². The van der Waals surface area contributed by atoms with E-state index in [9.17, 15) is 14.4 Å². The molecule has 0 aliphatic carbocycles. The maximum atomic E-state index is 12.7. The highest BCUT2D eigenvalue weighted by atomic mass is 32.1. The molecule has 1 aromatic carbocycles. The Morgan fingerprint density at radius 2 is 1.97 bits per heavy atom. The first-order valence-electron chi connectivity index (χ1n) is 8.87. The van der Waals surface area contributed by atoms with Gasteiger partial charge in [-0.3, -0.25) is 19.8 Å². The van der Waals surface area contributed by atoms with Gasteiger partial charge in [0.1, 0.15) is 5.57 Å². The zero-order valence-corrected chi connectivity index (χ0v) is 17.5. The Bertz CT molecular complexity index is 938. The predicted octanol–water partition coefficient (Wildman–Crippen LogP) is 1.79. The molecule has 2 rings (SSSR count). The highest BCUT2D eigenvalue weighted by molar-refractivity contribution is 7.80. The zero-order valence-electron chi connectivity index (χ0n) is 16.7. The second-order valence-corrected chi connectivity index (χ2v) is 6.48. The summed E-state index contributed by atoms with van der Waals surface area (Å²) >= 11 is 5.05. The van der Waals surface area contributed by atoms with Crippen LogP contribution >= 0.6 is 12.2 Å². The van der Waals surface area contributed by atoms with Crippen molar-refractivity contribution in [2.24, 2.45) is 0 Å². The number of rotatable bonds is 9. The zero-order chi connectivity index (χ0) is 22.3. The van der Waals surface area contributed by atoms with Crippen LogP contribution in [0.4, 0.5) is 0 Å². The third-order valence-electron chi connectivity index (χ3n) is 4.11. The second kappa shape index (κ2) is 10.4. The maximum absolute atomic E-state index is 12.7. The van der Waals surface area contributed by atoms with E-state index in [1.807, 2.05) is 0 Å². The lowest BCUT2D eigenvalue weighted by atomic mass is 10.0. The summed E-state index contributed by atoms with van der Waals surface area (Å²) in [6.07, 6.45) is 5.00. The first-order valence-corrected chi connectivity index (χ1v) is 9.28. The van der Waals surface area contributed by atoms with Crippen molar-refractivity contribution < 1.29 is 28.6 Å². The topological polar surface area (TPSA) is 94.2 Å². The van der Waals surface area contributed by atoms with E-state index in [-0.39, 0.29) is 23.8 Å². The Balaban J connectivity index is 2.49. The van der Waals surface area contributed by atoms with Gasteiger partial charge in [0.05, 0.1) is 14.2 Å². The van der Waals surface area contributed by atoms with Crippen molar-refractivity contribution in [2.75, 3.05) is 27.4 Å². The molecule has 30 heavy (non-hydrogen) atoms. The molecular formula is C21H22N2O6S. The van der Waals surface area contributed by atoms with Crippen LogP contribution in [-0.2, 0) is 25.5 Å². The third kappa shape index (κ3) is 5.12. The minimum atomic E-state index is -0.597. The van der Waals surface area contributed by atoms with E-state index in [0.29, 0.717) is 29.0 Å². The van der Waals surface area contributed by atoms with Gasteiger partial charge in [-0.1, -0.05) is 12.2 Å². The number of nitrogens with zero attached hydrogens (tertiary/aromatic N) is 1. The number of carbonyl (C=O) groups is 3. The maximum Gasteiger partial charge on any atom is 0.343 e. The second-order valence-electron chi connectivity index (χ2n) is 6.09. The van der Waals surface area contributed by atoms with Gasteiger partial charge in [-0.2, -0.15) is 0 Å². The van der Waals surface area contributed by atoms with Crippen molar-refractivity contribution >= 4 is 41.2 Å². The van der Waals surface area contributed by atoms with E-state index in [1.165, 1.54) is 31.3 Å².